The van der Waals surface area contributed by atoms with Crippen LogP contribution in [0.5, 0.6) is 0 Å². The summed E-state index contributed by atoms with van der Waals surface area (Å²) < 4.78 is 27.9. The molecule has 0 spiro atoms. The maximum Gasteiger partial charge on any atom is 0.250 e. The van der Waals surface area contributed by atoms with Crippen LogP contribution in [0.2, 0.25) is 0 Å². The number of thiophene rings is 1. The first-order valence-electron chi connectivity index (χ1n) is 8.92. The molecule has 2 heterocycles. The molecule has 142 valence electrons. The SMILES string of the molecule is Cc1ccc(SCCN2CCC(NS(=O)(=O)c3cccs3)CC2)cc1C. The molecule has 4 nitrogen and oxygen atoms in total. The Hall–Kier alpha value is -0.860. The minimum Gasteiger partial charge on any atom is -0.302 e. The van der Waals surface area contributed by atoms with Gasteiger partial charge in [-0.05, 0) is 74.5 Å². The van der Waals surface area contributed by atoms with E-state index in [-0.39, 0.29) is 6.04 Å². The highest BCUT2D eigenvalue weighted by Crippen LogP contribution is 2.22. The molecule has 7 heteroatoms. The van der Waals surface area contributed by atoms with Gasteiger partial charge in [0, 0.05) is 23.2 Å². The van der Waals surface area contributed by atoms with Gasteiger partial charge in [0.15, 0.2) is 0 Å². The summed E-state index contributed by atoms with van der Waals surface area (Å²) in [5, 5.41) is 1.80. The number of aryl methyl sites for hydroxylation is 2. The minimum atomic E-state index is -3.35. The standard InChI is InChI=1S/C19H26N2O2S3/c1-15-5-6-18(14-16(15)2)24-13-11-21-9-7-17(8-10-21)20-26(22,23)19-4-3-12-25-19/h3-6,12,14,17,20H,7-11,13H2,1-2H3. The first-order valence-corrected chi connectivity index (χ1v) is 12.3. The number of likely N-dealkylation sites (tertiary alicyclic amines) is 1. The zero-order valence-corrected chi connectivity index (χ0v) is 17.7. The molecule has 1 saturated heterocycles. The van der Waals surface area contributed by atoms with Crippen LogP contribution >= 0.6 is 23.1 Å². The van der Waals surface area contributed by atoms with Gasteiger partial charge in [0.05, 0.1) is 0 Å². The molecule has 3 rings (SSSR count). The number of rotatable bonds is 7. The molecular formula is C19H26N2O2S3. The Labute approximate surface area is 165 Å². The summed E-state index contributed by atoms with van der Waals surface area (Å²) in [6, 6.07) is 10.1. The number of benzene rings is 1. The van der Waals surface area contributed by atoms with Crippen LogP contribution in [0.1, 0.15) is 24.0 Å². The van der Waals surface area contributed by atoms with E-state index in [1.165, 1.54) is 27.4 Å². The maximum absolute atomic E-state index is 12.3. The minimum absolute atomic E-state index is 0.0470. The van der Waals surface area contributed by atoms with Crippen molar-refractivity contribution in [2.75, 3.05) is 25.4 Å². The number of piperidine rings is 1. The fraction of sp³-hybridized carbons (Fsp3) is 0.474. The average Bonchev–Trinajstić information content (AvgIpc) is 3.15. The van der Waals surface area contributed by atoms with Gasteiger partial charge in [-0.3, -0.25) is 0 Å². The predicted octanol–water partition coefficient (Wildman–Crippen LogP) is 3.90. The maximum atomic E-state index is 12.3. The molecule has 0 radical (unpaired) electrons. The van der Waals surface area contributed by atoms with Crippen molar-refractivity contribution >= 4 is 33.1 Å². The summed E-state index contributed by atoms with van der Waals surface area (Å²) in [5.41, 5.74) is 2.68. The molecule has 2 aromatic rings. The van der Waals surface area contributed by atoms with Crippen molar-refractivity contribution in [1.29, 1.82) is 0 Å². The Bertz CT molecular complexity index is 811. The third-order valence-corrected chi connectivity index (χ3v) is 8.72. The molecule has 1 fully saturated rings. The van der Waals surface area contributed by atoms with E-state index in [0.717, 1.165) is 38.2 Å². The molecule has 0 bridgehead atoms. The summed E-state index contributed by atoms with van der Waals surface area (Å²) in [7, 11) is -3.35. The zero-order valence-electron chi connectivity index (χ0n) is 15.3. The van der Waals surface area contributed by atoms with Gasteiger partial charge in [0.25, 0.3) is 0 Å². The molecule has 1 aromatic heterocycles. The summed E-state index contributed by atoms with van der Waals surface area (Å²) >= 11 is 3.16. The number of nitrogens with one attached hydrogen (secondary N) is 1. The van der Waals surface area contributed by atoms with Gasteiger partial charge in [-0.1, -0.05) is 12.1 Å². The van der Waals surface area contributed by atoms with Gasteiger partial charge in [0.2, 0.25) is 10.0 Å². The number of hydrogen-bond acceptors (Lipinski definition) is 5. The van der Waals surface area contributed by atoms with Crippen LogP contribution in [-0.4, -0.2) is 44.7 Å². The summed E-state index contributed by atoms with van der Waals surface area (Å²) in [4.78, 5) is 3.76. The van der Waals surface area contributed by atoms with Crippen molar-refractivity contribution in [3.05, 3.63) is 46.8 Å². The van der Waals surface area contributed by atoms with E-state index < -0.39 is 10.0 Å². The van der Waals surface area contributed by atoms with Gasteiger partial charge in [-0.15, -0.1) is 23.1 Å². The monoisotopic (exact) mass is 410 g/mol. The lowest BCUT2D eigenvalue weighted by Crippen LogP contribution is -2.44. The number of sulfonamides is 1. The second-order valence-corrected chi connectivity index (χ2v) is 10.8. The fourth-order valence-electron chi connectivity index (χ4n) is 3.06. The lowest BCUT2D eigenvalue weighted by atomic mass is 10.1. The van der Waals surface area contributed by atoms with Gasteiger partial charge in [0.1, 0.15) is 4.21 Å². The summed E-state index contributed by atoms with van der Waals surface area (Å²) in [5.74, 6) is 1.06. The Morgan fingerprint density at radius 1 is 1.19 bits per heavy atom. The van der Waals surface area contributed by atoms with Gasteiger partial charge in [-0.2, -0.15) is 0 Å². The molecular weight excluding hydrogens is 384 g/mol. The van der Waals surface area contributed by atoms with E-state index in [4.69, 9.17) is 0 Å². The van der Waals surface area contributed by atoms with Gasteiger partial charge in [-0.25, -0.2) is 13.1 Å². The Morgan fingerprint density at radius 2 is 1.96 bits per heavy atom. The molecule has 26 heavy (non-hydrogen) atoms. The van der Waals surface area contributed by atoms with Gasteiger partial charge < -0.3 is 4.90 Å². The highest BCUT2D eigenvalue weighted by atomic mass is 32.2. The van der Waals surface area contributed by atoms with Gasteiger partial charge >= 0.3 is 0 Å². The first-order chi connectivity index (χ1) is 12.4. The van der Waals surface area contributed by atoms with Crippen LogP contribution in [0.3, 0.4) is 0 Å². The highest BCUT2D eigenvalue weighted by molar-refractivity contribution is 7.99. The van der Waals surface area contributed by atoms with Crippen LogP contribution < -0.4 is 4.72 Å². The number of nitrogens with zero attached hydrogens (tertiary/aromatic N) is 1. The zero-order chi connectivity index (χ0) is 18.6. The molecule has 1 N–H and O–H groups in total. The van der Waals surface area contributed by atoms with E-state index in [1.807, 2.05) is 11.8 Å². The van der Waals surface area contributed by atoms with E-state index in [0.29, 0.717) is 4.21 Å². The molecule has 0 amide bonds. The van der Waals surface area contributed by atoms with Crippen molar-refractivity contribution in [3.63, 3.8) is 0 Å². The first kappa shape index (κ1) is 19.9. The van der Waals surface area contributed by atoms with E-state index >= 15 is 0 Å². The second-order valence-electron chi connectivity index (χ2n) is 6.76. The van der Waals surface area contributed by atoms with Crippen LogP contribution in [0.15, 0.2) is 44.8 Å². The van der Waals surface area contributed by atoms with Crippen LogP contribution in [0.25, 0.3) is 0 Å². The Balaban J connectivity index is 1.40. The second kappa shape index (κ2) is 8.89. The fourth-order valence-corrected chi connectivity index (χ4v) is 6.39. The lowest BCUT2D eigenvalue weighted by Gasteiger charge is -2.32. The van der Waals surface area contributed by atoms with E-state index in [2.05, 4.69) is 41.7 Å². The lowest BCUT2D eigenvalue weighted by molar-refractivity contribution is 0.218. The number of thioether (sulfide) groups is 1. The third kappa shape index (κ3) is 5.33. The summed E-state index contributed by atoms with van der Waals surface area (Å²) in [6.07, 6.45) is 1.75. The predicted molar refractivity (Wildman–Crippen MR) is 111 cm³/mol. The largest absolute Gasteiger partial charge is 0.302 e. The Morgan fingerprint density at radius 3 is 2.62 bits per heavy atom. The molecule has 0 saturated carbocycles. The molecule has 1 aromatic carbocycles. The number of hydrogen-bond donors (Lipinski definition) is 1. The molecule has 1 aliphatic rings. The van der Waals surface area contributed by atoms with E-state index in [9.17, 15) is 8.42 Å². The van der Waals surface area contributed by atoms with Crippen LogP contribution in [-0.2, 0) is 10.0 Å². The van der Waals surface area contributed by atoms with Crippen molar-refractivity contribution < 1.29 is 8.42 Å². The average molecular weight is 411 g/mol. The third-order valence-electron chi connectivity index (χ3n) is 4.82. The van der Waals surface area contributed by atoms with Crippen LogP contribution in [0.4, 0.5) is 0 Å². The normalized spacial score (nSPS) is 16.8. The topological polar surface area (TPSA) is 49.4 Å². The van der Waals surface area contributed by atoms with E-state index in [1.54, 1.807) is 17.5 Å². The molecule has 0 atom stereocenters. The van der Waals surface area contributed by atoms with Crippen molar-refractivity contribution in [2.24, 2.45) is 0 Å². The van der Waals surface area contributed by atoms with Crippen LogP contribution in [0, 0.1) is 13.8 Å². The quantitative estimate of drug-likeness (QED) is 0.704. The molecule has 1 aliphatic heterocycles. The van der Waals surface area contributed by atoms with Crippen molar-refractivity contribution in [3.8, 4) is 0 Å². The summed E-state index contributed by atoms with van der Waals surface area (Å²) in [6.45, 7) is 7.24. The smallest absolute Gasteiger partial charge is 0.250 e. The highest BCUT2D eigenvalue weighted by Gasteiger charge is 2.24. The Kier molecular flexibility index (Phi) is 6.80. The molecule has 0 aliphatic carbocycles. The van der Waals surface area contributed by atoms with Crippen molar-refractivity contribution in [1.82, 2.24) is 9.62 Å². The molecule has 0 unspecified atom stereocenters. The van der Waals surface area contributed by atoms with Crippen molar-refractivity contribution in [2.45, 2.75) is 41.8 Å².